The molecule has 72 valence electrons. The van der Waals surface area contributed by atoms with Gasteiger partial charge in [-0.25, -0.2) is 0 Å². The molecule has 0 saturated heterocycles. The second-order valence-corrected chi connectivity index (χ2v) is 3.99. The standard InChI is InChI=1S/C9H19NS2.Zn/c1-3-5-7-10(9(11)12)8-6-4-2;/h3-8H2,1-2H3,(H,11,12);/q;+2/p-1. The third-order valence-corrected chi connectivity index (χ3v) is 2.34. The number of hydrogen-bond acceptors (Lipinski definition) is 2. The van der Waals surface area contributed by atoms with Crippen LogP contribution < -0.4 is 0 Å². The third-order valence-electron chi connectivity index (χ3n) is 1.82. The Morgan fingerprint density at radius 1 is 1.15 bits per heavy atom. The molecule has 0 aliphatic carbocycles. The Morgan fingerprint density at radius 3 is 1.77 bits per heavy atom. The number of hydrogen-bond donors (Lipinski definition) is 0. The fourth-order valence-electron chi connectivity index (χ4n) is 0.992. The molecule has 0 saturated carbocycles. The van der Waals surface area contributed by atoms with Gasteiger partial charge < -0.3 is 29.7 Å². The second kappa shape index (κ2) is 10.8. The maximum atomic E-state index is 4.98. The predicted octanol–water partition coefficient (Wildman–Crippen LogP) is 2.72. The number of unbranched alkanes of at least 4 members (excludes halogenated alkanes) is 2. The second-order valence-electron chi connectivity index (χ2n) is 2.96. The van der Waals surface area contributed by atoms with E-state index in [9.17, 15) is 0 Å². The van der Waals surface area contributed by atoms with E-state index < -0.39 is 0 Å². The van der Waals surface area contributed by atoms with Gasteiger partial charge in [0.25, 0.3) is 0 Å². The Labute approximate surface area is 106 Å². The van der Waals surface area contributed by atoms with Crippen molar-refractivity contribution in [1.29, 1.82) is 0 Å². The molecular weight excluding hydrogens is 252 g/mol. The van der Waals surface area contributed by atoms with Gasteiger partial charge >= 0.3 is 19.5 Å². The monoisotopic (exact) mass is 268 g/mol. The first kappa shape index (κ1) is 16.2. The third kappa shape index (κ3) is 9.05. The summed E-state index contributed by atoms with van der Waals surface area (Å²) in [7, 11) is 0. The summed E-state index contributed by atoms with van der Waals surface area (Å²) in [4.78, 5) is 2.14. The van der Waals surface area contributed by atoms with Crippen molar-refractivity contribution in [2.45, 2.75) is 39.5 Å². The Kier molecular flexibility index (Phi) is 13.5. The fourth-order valence-corrected chi connectivity index (χ4v) is 1.36. The van der Waals surface area contributed by atoms with E-state index in [0.29, 0.717) is 4.32 Å². The van der Waals surface area contributed by atoms with Crippen molar-refractivity contribution in [3.63, 3.8) is 0 Å². The van der Waals surface area contributed by atoms with Gasteiger partial charge in [-0.15, -0.1) is 0 Å². The zero-order chi connectivity index (χ0) is 9.40. The molecule has 0 unspecified atom stereocenters. The minimum Gasteiger partial charge on any atom is -0.411 e. The van der Waals surface area contributed by atoms with Crippen molar-refractivity contribution in [2.24, 2.45) is 0 Å². The van der Waals surface area contributed by atoms with Crippen molar-refractivity contribution >= 4 is 29.2 Å². The minimum atomic E-state index is 0. The van der Waals surface area contributed by atoms with Gasteiger partial charge in [0, 0.05) is 13.1 Å². The molecule has 0 aromatic carbocycles. The van der Waals surface area contributed by atoms with Crippen LogP contribution in [0.25, 0.3) is 0 Å². The Bertz CT molecular complexity index is 123. The van der Waals surface area contributed by atoms with Gasteiger partial charge in [0.1, 0.15) is 0 Å². The van der Waals surface area contributed by atoms with E-state index in [1.54, 1.807) is 0 Å². The molecule has 0 amide bonds. The maximum Gasteiger partial charge on any atom is 2.00 e. The van der Waals surface area contributed by atoms with E-state index in [1.807, 2.05) is 0 Å². The van der Waals surface area contributed by atoms with Gasteiger partial charge in [-0.3, -0.25) is 0 Å². The predicted molar refractivity (Wildman–Crippen MR) is 61.4 cm³/mol. The molecule has 0 aliphatic rings. The van der Waals surface area contributed by atoms with Crippen LogP contribution in [-0.2, 0) is 32.1 Å². The van der Waals surface area contributed by atoms with Crippen molar-refractivity contribution in [2.75, 3.05) is 13.1 Å². The van der Waals surface area contributed by atoms with Crippen LogP contribution in [0.1, 0.15) is 39.5 Å². The SMILES string of the molecule is CCCCN(CCCC)C(=S)[S-].[Zn+2]. The summed E-state index contributed by atoms with van der Waals surface area (Å²) in [6.45, 7) is 6.45. The van der Waals surface area contributed by atoms with Crippen LogP contribution in [0.5, 0.6) is 0 Å². The van der Waals surface area contributed by atoms with Crippen molar-refractivity contribution in [1.82, 2.24) is 4.90 Å². The van der Waals surface area contributed by atoms with Crippen LogP contribution in [0.15, 0.2) is 0 Å². The van der Waals surface area contributed by atoms with E-state index >= 15 is 0 Å². The molecule has 0 radical (unpaired) electrons. The van der Waals surface area contributed by atoms with Crippen molar-refractivity contribution in [3.05, 3.63) is 0 Å². The summed E-state index contributed by atoms with van der Waals surface area (Å²) in [5.74, 6) is 0. The quantitative estimate of drug-likeness (QED) is 0.415. The average Bonchev–Trinajstić information content (AvgIpc) is 2.04. The summed E-state index contributed by atoms with van der Waals surface area (Å²) < 4.78 is 0.636. The zero-order valence-corrected chi connectivity index (χ0v) is 13.3. The first-order valence-corrected chi connectivity index (χ1v) is 5.50. The van der Waals surface area contributed by atoms with E-state index in [1.165, 1.54) is 25.7 Å². The molecule has 0 aromatic rings. The minimum absolute atomic E-state index is 0. The molecule has 0 N–H and O–H groups in total. The van der Waals surface area contributed by atoms with Crippen molar-refractivity contribution < 1.29 is 19.5 Å². The molecule has 0 bridgehead atoms. The molecule has 0 aliphatic heterocycles. The number of thiocarbonyl (C=S) groups is 1. The zero-order valence-electron chi connectivity index (χ0n) is 8.71. The van der Waals surface area contributed by atoms with E-state index in [2.05, 4.69) is 18.7 Å². The molecule has 0 aromatic heterocycles. The molecule has 4 heteroatoms. The Balaban J connectivity index is 0. The van der Waals surface area contributed by atoms with Crippen molar-refractivity contribution in [3.8, 4) is 0 Å². The fraction of sp³-hybridized carbons (Fsp3) is 0.889. The summed E-state index contributed by atoms with van der Waals surface area (Å²) in [6, 6.07) is 0. The van der Waals surface area contributed by atoms with Gasteiger partial charge in [0.05, 0.1) is 0 Å². The van der Waals surface area contributed by atoms with Crippen LogP contribution in [0.2, 0.25) is 0 Å². The van der Waals surface area contributed by atoms with Gasteiger partial charge in [-0.1, -0.05) is 31.0 Å². The molecule has 0 heterocycles. The van der Waals surface area contributed by atoms with Gasteiger partial charge in [0.2, 0.25) is 0 Å². The first-order valence-electron chi connectivity index (χ1n) is 4.68. The van der Waals surface area contributed by atoms with E-state index in [-0.39, 0.29) is 19.5 Å². The van der Waals surface area contributed by atoms with Gasteiger partial charge in [-0.2, -0.15) is 0 Å². The molecule has 13 heavy (non-hydrogen) atoms. The van der Waals surface area contributed by atoms with Crippen LogP contribution in [0.4, 0.5) is 0 Å². The van der Waals surface area contributed by atoms with Crippen LogP contribution in [0, 0.1) is 0 Å². The van der Waals surface area contributed by atoms with E-state index in [0.717, 1.165) is 13.1 Å². The topological polar surface area (TPSA) is 3.24 Å². The largest absolute Gasteiger partial charge is 2.00 e. The molecule has 0 rings (SSSR count). The average molecular weight is 270 g/mol. The molecule has 0 atom stereocenters. The molecular formula is C9H18NS2Zn+. The smallest absolute Gasteiger partial charge is 0.411 e. The van der Waals surface area contributed by atoms with Gasteiger partial charge in [-0.05, 0) is 12.8 Å². The summed E-state index contributed by atoms with van der Waals surface area (Å²) in [5.41, 5.74) is 0. The van der Waals surface area contributed by atoms with Gasteiger partial charge in [0.15, 0.2) is 0 Å². The summed E-state index contributed by atoms with van der Waals surface area (Å²) in [6.07, 6.45) is 4.81. The maximum absolute atomic E-state index is 4.98. The molecule has 1 nitrogen and oxygen atoms in total. The molecule has 0 fully saturated rings. The number of nitrogens with zero attached hydrogens (tertiary/aromatic N) is 1. The normalized spacial score (nSPS) is 9.08. The Morgan fingerprint density at radius 2 is 1.54 bits per heavy atom. The summed E-state index contributed by atoms with van der Waals surface area (Å²) >= 11 is 9.97. The number of rotatable bonds is 6. The van der Waals surface area contributed by atoms with E-state index in [4.69, 9.17) is 24.8 Å². The van der Waals surface area contributed by atoms with Crippen LogP contribution in [-0.4, -0.2) is 22.3 Å². The Hall–Kier alpha value is 0.733. The van der Waals surface area contributed by atoms with Crippen LogP contribution in [0.3, 0.4) is 0 Å². The van der Waals surface area contributed by atoms with Crippen LogP contribution >= 0.6 is 12.2 Å². The summed E-state index contributed by atoms with van der Waals surface area (Å²) in [5, 5.41) is 0. The molecule has 0 spiro atoms. The first-order chi connectivity index (χ1) is 5.72.